The van der Waals surface area contributed by atoms with Gasteiger partial charge >= 0.3 is 0 Å². The highest BCUT2D eigenvalue weighted by Crippen LogP contribution is 1.73. The molecule has 0 saturated heterocycles. The zero-order chi connectivity index (χ0) is 6.41. The summed E-state index contributed by atoms with van der Waals surface area (Å²) in [6, 6.07) is 0. The lowest BCUT2D eigenvalue weighted by Crippen LogP contribution is -2.10. The third kappa shape index (κ3) is 5.37. The van der Waals surface area contributed by atoms with Crippen molar-refractivity contribution >= 4 is 6.21 Å². The van der Waals surface area contributed by atoms with Gasteiger partial charge in [-0.3, -0.25) is 4.99 Å². The first-order valence-corrected chi connectivity index (χ1v) is 2.67. The zero-order valence-corrected chi connectivity index (χ0v) is 5.33. The van der Waals surface area contributed by atoms with E-state index in [-0.39, 0.29) is 6.17 Å². The summed E-state index contributed by atoms with van der Waals surface area (Å²) in [5, 5.41) is 0. The van der Waals surface area contributed by atoms with Crippen LogP contribution in [0.4, 0.5) is 0 Å². The number of rotatable bonds is 2. The molecule has 0 aromatic heterocycles. The zero-order valence-electron chi connectivity index (χ0n) is 5.33. The van der Waals surface area contributed by atoms with Crippen LogP contribution in [0.25, 0.3) is 0 Å². The summed E-state index contributed by atoms with van der Waals surface area (Å²) in [4.78, 5) is 3.88. The maximum absolute atomic E-state index is 5.30. The average Bonchev–Trinajstić information content (AvgIpc) is 1.66. The van der Waals surface area contributed by atoms with E-state index in [1.54, 1.807) is 6.21 Å². The van der Waals surface area contributed by atoms with E-state index in [9.17, 15) is 0 Å². The minimum atomic E-state index is -0.0776. The van der Waals surface area contributed by atoms with Gasteiger partial charge in [0, 0.05) is 6.21 Å². The molecular formula is C6H12N2. The third-order valence-corrected chi connectivity index (χ3v) is 0.600. The van der Waals surface area contributed by atoms with Crippen LogP contribution in [0.1, 0.15) is 13.8 Å². The van der Waals surface area contributed by atoms with Gasteiger partial charge in [0.05, 0.1) is 6.17 Å². The highest BCUT2D eigenvalue weighted by molar-refractivity contribution is 5.70. The lowest BCUT2D eigenvalue weighted by atomic mass is 10.5. The second-order valence-electron chi connectivity index (χ2n) is 1.56. The molecule has 46 valence electrons. The Morgan fingerprint density at radius 2 is 2.25 bits per heavy atom. The molecule has 0 rings (SSSR count). The van der Waals surface area contributed by atoms with Crippen LogP contribution in [0.15, 0.2) is 17.1 Å². The Labute approximate surface area is 50.1 Å². The molecule has 0 aromatic rings. The van der Waals surface area contributed by atoms with E-state index >= 15 is 0 Å². The van der Waals surface area contributed by atoms with Crippen LogP contribution in [-0.4, -0.2) is 12.4 Å². The molecule has 0 radical (unpaired) electrons. The Morgan fingerprint density at radius 3 is 2.62 bits per heavy atom. The van der Waals surface area contributed by atoms with Crippen LogP contribution in [-0.2, 0) is 0 Å². The van der Waals surface area contributed by atoms with Gasteiger partial charge in [0.2, 0.25) is 0 Å². The molecule has 2 heteroatoms. The van der Waals surface area contributed by atoms with Gasteiger partial charge in [0.1, 0.15) is 0 Å². The fraction of sp³-hybridized carbons (Fsp3) is 0.500. The first-order chi connectivity index (χ1) is 3.77. The van der Waals surface area contributed by atoms with E-state index in [4.69, 9.17) is 5.73 Å². The minimum absolute atomic E-state index is 0.0776. The van der Waals surface area contributed by atoms with Crippen molar-refractivity contribution in [1.82, 2.24) is 0 Å². The highest BCUT2D eigenvalue weighted by Gasteiger charge is 1.77. The fourth-order valence-electron chi connectivity index (χ4n) is 0.272. The molecule has 0 spiro atoms. The number of nitrogens with two attached hydrogens (primary N) is 1. The molecular weight excluding hydrogens is 100 g/mol. The molecule has 2 N–H and O–H groups in total. The van der Waals surface area contributed by atoms with E-state index < -0.39 is 0 Å². The van der Waals surface area contributed by atoms with Crippen molar-refractivity contribution in [3.8, 4) is 0 Å². The SMILES string of the molecule is C/C=C\C=NC(C)N. The first kappa shape index (κ1) is 7.37. The molecule has 0 aliphatic carbocycles. The van der Waals surface area contributed by atoms with E-state index in [1.165, 1.54) is 0 Å². The highest BCUT2D eigenvalue weighted by atomic mass is 14.9. The average molecular weight is 112 g/mol. The van der Waals surface area contributed by atoms with Crippen LogP contribution in [0.2, 0.25) is 0 Å². The Kier molecular flexibility index (Phi) is 4.17. The van der Waals surface area contributed by atoms with Crippen LogP contribution in [0.3, 0.4) is 0 Å². The smallest absolute Gasteiger partial charge is 0.0940 e. The molecule has 8 heavy (non-hydrogen) atoms. The lowest BCUT2D eigenvalue weighted by Gasteiger charge is -1.89. The quantitative estimate of drug-likeness (QED) is 0.530. The topological polar surface area (TPSA) is 38.4 Å². The number of allylic oxidation sites excluding steroid dienone is 2. The van der Waals surface area contributed by atoms with Gasteiger partial charge in [-0.05, 0) is 19.9 Å². The van der Waals surface area contributed by atoms with Crippen molar-refractivity contribution in [2.45, 2.75) is 20.0 Å². The summed E-state index contributed by atoms with van der Waals surface area (Å²) in [7, 11) is 0. The van der Waals surface area contributed by atoms with Crippen molar-refractivity contribution < 1.29 is 0 Å². The fourth-order valence-corrected chi connectivity index (χ4v) is 0.272. The largest absolute Gasteiger partial charge is 0.310 e. The predicted octanol–water partition coefficient (Wildman–Crippen LogP) is 0.938. The van der Waals surface area contributed by atoms with E-state index in [1.807, 2.05) is 26.0 Å². The lowest BCUT2D eigenvalue weighted by molar-refractivity contribution is 0.797. The molecule has 1 atom stereocenters. The molecule has 0 saturated carbocycles. The number of aliphatic imine (C=N–C) groups is 1. The van der Waals surface area contributed by atoms with Gasteiger partial charge in [-0.1, -0.05) is 6.08 Å². The van der Waals surface area contributed by atoms with Gasteiger partial charge in [0.15, 0.2) is 0 Å². The summed E-state index contributed by atoms with van der Waals surface area (Å²) >= 11 is 0. The van der Waals surface area contributed by atoms with Crippen LogP contribution >= 0.6 is 0 Å². The van der Waals surface area contributed by atoms with Crippen molar-refractivity contribution in [3.05, 3.63) is 12.2 Å². The normalized spacial score (nSPS) is 15.9. The van der Waals surface area contributed by atoms with Crippen LogP contribution in [0.5, 0.6) is 0 Å². The Balaban J connectivity index is 3.34. The van der Waals surface area contributed by atoms with Gasteiger partial charge in [-0.15, -0.1) is 0 Å². The van der Waals surface area contributed by atoms with E-state index in [0.29, 0.717) is 0 Å². The summed E-state index contributed by atoms with van der Waals surface area (Å²) < 4.78 is 0. The maximum Gasteiger partial charge on any atom is 0.0940 e. The van der Waals surface area contributed by atoms with Gasteiger partial charge in [0.25, 0.3) is 0 Å². The Bertz CT molecular complexity index is 92.7. The third-order valence-electron chi connectivity index (χ3n) is 0.600. The summed E-state index contributed by atoms with van der Waals surface area (Å²) in [5.74, 6) is 0. The molecule has 1 unspecified atom stereocenters. The van der Waals surface area contributed by atoms with Gasteiger partial charge in [-0.25, -0.2) is 0 Å². The molecule has 0 aromatic carbocycles. The predicted molar refractivity (Wildman–Crippen MR) is 37.0 cm³/mol. The van der Waals surface area contributed by atoms with E-state index in [0.717, 1.165) is 0 Å². The molecule has 0 amide bonds. The maximum atomic E-state index is 5.30. The Morgan fingerprint density at radius 1 is 1.62 bits per heavy atom. The van der Waals surface area contributed by atoms with E-state index in [2.05, 4.69) is 4.99 Å². The van der Waals surface area contributed by atoms with Crippen LogP contribution < -0.4 is 5.73 Å². The van der Waals surface area contributed by atoms with Crippen LogP contribution in [0, 0.1) is 0 Å². The second-order valence-corrected chi connectivity index (χ2v) is 1.56. The number of hydrogen-bond donors (Lipinski definition) is 1. The Hall–Kier alpha value is -0.630. The van der Waals surface area contributed by atoms with Gasteiger partial charge in [-0.2, -0.15) is 0 Å². The van der Waals surface area contributed by atoms with Crippen molar-refractivity contribution in [1.29, 1.82) is 0 Å². The standard InChI is InChI=1S/C6H12N2/c1-3-4-5-8-6(2)7/h3-6H,7H2,1-2H3/b4-3-,8-5?. The summed E-state index contributed by atoms with van der Waals surface area (Å²) in [6.07, 6.45) is 5.38. The van der Waals surface area contributed by atoms with Crippen molar-refractivity contribution in [2.24, 2.45) is 10.7 Å². The molecule has 0 aliphatic heterocycles. The second kappa shape index (κ2) is 4.53. The molecule has 0 aliphatic rings. The summed E-state index contributed by atoms with van der Waals surface area (Å²) in [5.41, 5.74) is 5.30. The first-order valence-electron chi connectivity index (χ1n) is 2.67. The number of hydrogen-bond acceptors (Lipinski definition) is 2. The minimum Gasteiger partial charge on any atom is -0.310 e. The summed E-state index contributed by atoms with van der Waals surface area (Å²) in [6.45, 7) is 3.77. The molecule has 0 heterocycles. The monoisotopic (exact) mass is 112 g/mol. The molecule has 2 nitrogen and oxygen atoms in total. The molecule has 0 fully saturated rings. The molecule has 0 bridgehead atoms. The number of nitrogens with zero attached hydrogens (tertiary/aromatic N) is 1. The van der Waals surface area contributed by atoms with Gasteiger partial charge < -0.3 is 5.73 Å². The van der Waals surface area contributed by atoms with Crippen molar-refractivity contribution in [2.75, 3.05) is 0 Å². The van der Waals surface area contributed by atoms with Crippen molar-refractivity contribution in [3.63, 3.8) is 0 Å².